The monoisotopic (exact) mass is 315 g/mol. The maximum absolute atomic E-state index is 12.4. The zero-order valence-electron chi connectivity index (χ0n) is 12.8. The molecular formula is C16H17N3O4. The van der Waals surface area contributed by atoms with Crippen molar-refractivity contribution in [1.29, 1.82) is 0 Å². The molecule has 0 atom stereocenters. The second kappa shape index (κ2) is 6.20. The predicted molar refractivity (Wildman–Crippen MR) is 81.9 cm³/mol. The summed E-state index contributed by atoms with van der Waals surface area (Å²) < 4.78 is 4.66. The van der Waals surface area contributed by atoms with E-state index in [2.05, 4.69) is 9.73 Å². The highest BCUT2D eigenvalue weighted by molar-refractivity contribution is 6.67. The van der Waals surface area contributed by atoms with Crippen LogP contribution in [-0.4, -0.2) is 53.7 Å². The molecular weight excluding hydrogens is 298 g/mol. The second-order valence-electron chi connectivity index (χ2n) is 5.41. The van der Waals surface area contributed by atoms with Crippen molar-refractivity contribution in [2.45, 2.75) is 19.3 Å². The van der Waals surface area contributed by atoms with Crippen LogP contribution in [0.1, 0.15) is 18.4 Å². The zero-order chi connectivity index (χ0) is 16.4. The summed E-state index contributed by atoms with van der Waals surface area (Å²) in [6.07, 6.45) is 1.79. The molecule has 0 N–H and O–H groups in total. The first kappa shape index (κ1) is 15.2. The Bertz CT molecular complexity index is 672. The lowest BCUT2D eigenvalue weighted by atomic mass is 10.1. The Balaban J connectivity index is 1.94. The van der Waals surface area contributed by atoms with Crippen LogP contribution in [-0.2, 0) is 25.5 Å². The second-order valence-corrected chi connectivity index (χ2v) is 5.41. The number of para-hydroxylation sites is 1. The quantitative estimate of drug-likeness (QED) is 0.775. The van der Waals surface area contributed by atoms with E-state index < -0.39 is 5.97 Å². The van der Waals surface area contributed by atoms with Gasteiger partial charge in [0, 0.05) is 13.1 Å². The summed E-state index contributed by atoms with van der Waals surface area (Å²) in [5.41, 5.74) is 0.965. The minimum absolute atomic E-state index is 0.0409. The SMILES string of the molecule is COC(=O)Cc1ccccc1N=C1C(=O)N2CCCCN2C1=O. The van der Waals surface area contributed by atoms with Crippen LogP contribution in [0.25, 0.3) is 0 Å². The number of benzene rings is 1. The highest BCUT2D eigenvalue weighted by Crippen LogP contribution is 2.24. The number of aliphatic imine (C=N–C) groups is 1. The van der Waals surface area contributed by atoms with Gasteiger partial charge in [-0.3, -0.25) is 14.4 Å². The summed E-state index contributed by atoms with van der Waals surface area (Å²) in [5, 5.41) is 2.90. The Hall–Kier alpha value is -2.70. The maximum atomic E-state index is 12.4. The van der Waals surface area contributed by atoms with Gasteiger partial charge in [-0.15, -0.1) is 0 Å². The molecule has 2 saturated heterocycles. The summed E-state index contributed by atoms with van der Waals surface area (Å²) in [6.45, 7) is 1.07. The first-order valence-corrected chi connectivity index (χ1v) is 7.49. The lowest BCUT2D eigenvalue weighted by molar-refractivity contribution is -0.150. The van der Waals surface area contributed by atoms with Crippen LogP contribution in [0.3, 0.4) is 0 Å². The number of rotatable bonds is 3. The fraction of sp³-hybridized carbons (Fsp3) is 0.375. The van der Waals surface area contributed by atoms with E-state index in [1.54, 1.807) is 24.3 Å². The molecule has 2 heterocycles. The van der Waals surface area contributed by atoms with Gasteiger partial charge in [0.2, 0.25) is 0 Å². The van der Waals surface area contributed by atoms with Crippen molar-refractivity contribution < 1.29 is 19.1 Å². The van der Waals surface area contributed by atoms with Crippen molar-refractivity contribution in [2.24, 2.45) is 4.99 Å². The number of fused-ring (bicyclic) bond motifs is 1. The number of carbonyl (C=O) groups is 3. The Morgan fingerprint density at radius 1 is 1.13 bits per heavy atom. The third-order valence-corrected chi connectivity index (χ3v) is 3.94. The van der Waals surface area contributed by atoms with Crippen LogP contribution in [0.2, 0.25) is 0 Å². The Morgan fingerprint density at radius 2 is 1.74 bits per heavy atom. The van der Waals surface area contributed by atoms with E-state index in [1.807, 2.05) is 0 Å². The summed E-state index contributed by atoms with van der Waals surface area (Å²) in [4.78, 5) is 40.5. The van der Waals surface area contributed by atoms with Gasteiger partial charge >= 0.3 is 5.97 Å². The Kier molecular flexibility index (Phi) is 4.10. The average molecular weight is 315 g/mol. The molecule has 2 amide bonds. The minimum atomic E-state index is -0.400. The van der Waals surface area contributed by atoms with E-state index in [0.29, 0.717) is 24.3 Å². The topological polar surface area (TPSA) is 79.3 Å². The molecule has 120 valence electrons. The van der Waals surface area contributed by atoms with Gasteiger partial charge in [0.1, 0.15) is 0 Å². The Labute approximate surface area is 133 Å². The van der Waals surface area contributed by atoms with Crippen LogP contribution in [0.15, 0.2) is 29.3 Å². The van der Waals surface area contributed by atoms with Gasteiger partial charge < -0.3 is 4.74 Å². The highest BCUT2D eigenvalue weighted by Gasteiger charge is 2.43. The summed E-state index contributed by atoms with van der Waals surface area (Å²) in [6, 6.07) is 6.93. The lowest BCUT2D eigenvalue weighted by Crippen LogP contribution is -2.45. The summed E-state index contributed by atoms with van der Waals surface area (Å²) >= 11 is 0. The van der Waals surface area contributed by atoms with Crippen LogP contribution in [0.5, 0.6) is 0 Å². The molecule has 0 bridgehead atoms. The van der Waals surface area contributed by atoms with Gasteiger partial charge in [-0.25, -0.2) is 15.0 Å². The van der Waals surface area contributed by atoms with Gasteiger partial charge in [-0.05, 0) is 24.5 Å². The number of nitrogens with zero attached hydrogens (tertiary/aromatic N) is 3. The molecule has 7 heteroatoms. The summed E-state index contributed by atoms with van der Waals surface area (Å²) in [5.74, 6) is -1.15. The highest BCUT2D eigenvalue weighted by atomic mass is 16.5. The molecule has 0 aromatic heterocycles. The standard InChI is InChI=1S/C16H17N3O4/c1-23-13(20)10-11-6-2-3-7-12(11)17-14-15(21)18-8-4-5-9-19(18)16(14)22/h2-3,6-7H,4-5,8-10H2,1H3. The van der Waals surface area contributed by atoms with Crippen LogP contribution < -0.4 is 0 Å². The minimum Gasteiger partial charge on any atom is -0.469 e. The maximum Gasteiger partial charge on any atom is 0.310 e. The molecule has 0 unspecified atom stereocenters. The van der Waals surface area contributed by atoms with Crippen molar-refractivity contribution in [1.82, 2.24) is 10.0 Å². The van der Waals surface area contributed by atoms with Crippen molar-refractivity contribution in [3.05, 3.63) is 29.8 Å². The average Bonchev–Trinajstić information content (AvgIpc) is 2.82. The van der Waals surface area contributed by atoms with E-state index >= 15 is 0 Å². The smallest absolute Gasteiger partial charge is 0.310 e. The molecule has 2 fully saturated rings. The van der Waals surface area contributed by atoms with Crippen molar-refractivity contribution in [2.75, 3.05) is 20.2 Å². The number of hydrogen-bond acceptors (Lipinski definition) is 5. The van der Waals surface area contributed by atoms with Gasteiger partial charge in [-0.1, -0.05) is 18.2 Å². The molecule has 0 radical (unpaired) electrons. The molecule has 7 nitrogen and oxygen atoms in total. The van der Waals surface area contributed by atoms with Crippen LogP contribution in [0.4, 0.5) is 5.69 Å². The van der Waals surface area contributed by atoms with Crippen molar-refractivity contribution in [3.63, 3.8) is 0 Å². The molecule has 0 spiro atoms. The fourth-order valence-electron chi connectivity index (χ4n) is 2.74. The largest absolute Gasteiger partial charge is 0.469 e. The van der Waals surface area contributed by atoms with E-state index in [0.717, 1.165) is 12.8 Å². The molecule has 0 saturated carbocycles. The number of carbonyl (C=O) groups excluding carboxylic acids is 3. The molecule has 3 rings (SSSR count). The van der Waals surface area contributed by atoms with Crippen LogP contribution in [0, 0.1) is 0 Å². The molecule has 2 aliphatic heterocycles. The first-order valence-electron chi connectivity index (χ1n) is 7.49. The van der Waals surface area contributed by atoms with Gasteiger partial charge in [0.15, 0.2) is 5.71 Å². The van der Waals surface area contributed by atoms with E-state index in [4.69, 9.17) is 0 Å². The Morgan fingerprint density at radius 3 is 2.35 bits per heavy atom. The summed E-state index contributed by atoms with van der Waals surface area (Å²) in [7, 11) is 1.31. The first-order chi connectivity index (χ1) is 11.1. The lowest BCUT2D eigenvalue weighted by Gasteiger charge is -2.31. The molecule has 2 aliphatic rings. The number of hydrogen-bond donors (Lipinski definition) is 0. The van der Waals surface area contributed by atoms with Gasteiger partial charge in [-0.2, -0.15) is 0 Å². The normalized spacial score (nSPS) is 17.3. The van der Waals surface area contributed by atoms with E-state index in [9.17, 15) is 14.4 Å². The zero-order valence-corrected chi connectivity index (χ0v) is 12.8. The van der Waals surface area contributed by atoms with E-state index in [1.165, 1.54) is 17.1 Å². The third-order valence-electron chi connectivity index (χ3n) is 3.94. The van der Waals surface area contributed by atoms with Gasteiger partial charge in [0.25, 0.3) is 11.8 Å². The molecule has 1 aromatic carbocycles. The fourth-order valence-corrected chi connectivity index (χ4v) is 2.74. The number of methoxy groups -OCH3 is 1. The number of amides is 2. The number of hydrazine groups is 1. The van der Waals surface area contributed by atoms with Crippen molar-refractivity contribution >= 4 is 29.2 Å². The van der Waals surface area contributed by atoms with E-state index in [-0.39, 0.29) is 23.9 Å². The third kappa shape index (κ3) is 2.81. The molecule has 1 aromatic rings. The van der Waals surface area contributed by atoms with Gasteiger partial charge in [0.05, 0.1) is 19.2 Å². The van der Waals surface area contributed by atoms with Crippen molar-refractivity contribution in [3.8, 4) is 0 Å². The molecule has 0 aliphatic carbocycles. The number of esters is 1. The predicted octanol–water partition coefficient (Wildman–Crippen LogP) is 0.854. The number of ether oxygens (including phenoxy) is 1. The molecule has 23 heavy (non-hydrogen) atoms. The van der Waals surface area contributed by atoms with Crippen LogP contribution >= 0.6 is 0 Å².